The van der Waals surface area contributed by atoms with Gasteiger partial charge in [0.1, 0.15) is 18.5 Å². The van der Waals surface area contributed by atoms with Crippen LogP contribution in [0.2, 0.25) is 0 Å². The molecule has 0 spiro atoms. The lowest BCUT2D eigenvalue weighted by Crippen LogP contribution is -2.22. The van der Waals surface area contributed by atoms with Crippen molar-refractivity contribution in [1.29, 1.82) is 0 Å². The fraction of sp³-hybridized carbons (Fsp3) is 0.185. The van der Waals surface area contributed by atoms with Gasteiger partial charge in [-0.2, -0.15) is 0 Å². The van der Waals surface area contributed by atoms with E-state index in [4.69, 9.17) is 15.2 Å². The number of para-hydroxylation sites is 3. The number of nitrogens with two attached hydrogens (primary N) is 1. The first-order valence-corrected chi connectivity index (χ1v) is 12.1. The van der Waals surface area contributed by atoms with Crippen molar-refractivity contribution >= 4 is 45.0 Å². The van der Waals surface area contributed by atoms with Crippen molar-refractivity contribution in [3.8, 4) is 5.75 Å². The molecule has 9 heteroatoms. The molecule has 2 atom stereocenters. The van der Waals surface area contributed by atoms with Crippen LogP contribution in [0.3, 0.4) is 0 Å². The number of aliphatic hydroxyl groups is 1. The molecule has 0 bridgehead atoms. The van der Waals surface area contributed by atoms with E-state index in [1.54, 1.807) is 78.9 Å². The number of amides is 2. The molecular weight excluding hydrogens is 526 g/mol. The van der Waals surface area contributed by atoms with Crippen LogP contribution in [0.1, 0.15) is 18.6 Å². The zero-order valence-corrected chi connectivity index (χ0v) is 21.3. The van der Waals surface area contributed by atoms with Gasteiger partial charge in [-0.1, -0.05) is 59.3 Å². The van der Waals surface area contributed by atoms with Crippen LogP contribution in [0.5, 0.6) is 5.75 Å². The van der Waals surface area contributed by atoms with E-state index in [1.165, 1.54) is 6.08 Å². The summed E-state index contributed by atoms with van der Waals surface area (Å²) < 4.78 is 12.4. The highest BCUT2D eigenvalue weighted by Crippen LogP contribution is 2.34. The number of hydrogen-bond acceptors (Lipinski definition) is 6. The van der Waals surface area contributed by atoms with Gasteiger partial charge >= 0.3 is 6.09 Å². The Balaban J connectivity index is 1.80. The van der Waals surface area contributed by atoms with Gasteiger partial charge in [-0.05, 0) is 48.5 Å². The maximum absolute atomic E-state index is 12.8. The lowest BCUT2D eigenvalue weighted by molar-refractivity contribution is -0.111. The van der Waals surface area contributed by atoms with E-state index in [9.17, 15) is 14.7 Å². The van der Waals surface area contributed by atoms with Gasteiger partial charge in [0, 0.05) is 21.6 Å². The molecule has 5 N–H and O–H groups in total. The van der Waals surface area contributed by atoms with Crippen molar-refractivity contribution in [2.75, 3.05) is 29.6 Å². The van der Waals surface area contributed by atoms with E-state index < -0.39 is 18.1 Å². The standard InChI is InChI=1S/C27H28BrN3O5/c1-18(10-15-25(33)31-23-8-4-3-7-22(23)29)26(21-6-2-5-9-24(21)35-17-16-32)36-27(34)30-20-13-11-19(28)12-14-20/h2-15,18,26,32H,16-17,29H2,1H3,(H,30,34)(H,31,33)/b15-10+/t18-,26+/m0/s1. The van der Waals surface area contributed by atoms with E-state index in [0.717, 1.165) is 4.47 Å². The Labute approximate surface area is 218 Å². The zero-order valence-electron chi connectivity index (χ0n) is 19.7. The van der Waals surface area contributed by atoms with E-state index >= 15 is 0 Å². The average molecular weight is 554 g/mol. The number of rotatable bonds is 10. The molecular formula is C27H28BrN3O5. The summed E-state index contributed by atoms with van der Waals surface area (Å²) in [7, 11) is 0. The monoisotopic (exact) mass is 553 g/mol. The van der Waals surface area contributed by atoms with Crippen LogP contribution in [0.25, 0.3) is 0 Å². The number of hydrogen-bond donors (Lipinski definition) is 4. The van der Waals surface area contributed by atoms with Crippen molar-refractivity contribution in [1.82, 2.24) is 0 Å². The molecule has 0 aliphatic rings. The van der Waals surface area contributed by atoms with Crippen molar-refractivity contribution in [3.05, 3.63) is 95.0 Å². The summed E-state index contributed by atoms with van der Waals surface area (Å²) in [5, 5.41) is 14.6. The van der Waals surface area contributed by atoms with Crippen molar-refractivity contribution in [3.63, 3.8) is 0 Å². The quantitative estimate of drug-likeness (QED) is 0.193. The molecule has 3 aromatic rings. The first-order valence-electron chi connectivity index (χ1n) is 11.3. The molecule has 0 aliphatic heterocycles. The molecule has 0 radical (unpaired) electrons. The first-order chi connectivity index (χ1) is 17.4. The van der Waals surface area contributed by atoms with E-state index in [0.29, 0.717) is 28.4 Å². The summed E-state index contributed by atoms with van der Waals surface area (Å²) in [5.41, 5.74) is 8.01. The third-order valence-electron chi connectivity index (χ3n) is 5.15. The molecule has 8 nitrogen and oxygen atoms in total. The second kappa shape index (κ2) is 13.3. The van der Waals surface area contributed by atoms with E-state index in [2.05, 4.69) is 26.6 Å². The third kappa shape index (κ3) is 7.86. The summed E-state index contributed by atoms with van der Waals surface area (Å²) in [6.45, 7) is 1.74. The minimum atomic E-state index is -0.791. The number of benzene rings is 3. The largest absolute Gasteiger partial charge is 0.491 e. The van der Waals surface area contributed by atoms with Crippen molar-refractivity contribution in [2.24, 2.45) is 5.92 Å². The maximum Gasteiger partial charge on any atom is 0.412 e. The fourth-order valence-corrected chi connectivity index (χ4v) is 3.64. The van der Waals surface area contributed by atoms with Gasteiger partial charge in [0.25, 0.3) is 0 Å². The summed E-state index contributed by atoms with van der Waals surface area (Å²) in [6, 6.07) is 21.1. The van der Waals surface area contributed by atoms with E-state index in [1.807, 2.05) is 6.92 Å². The minimum Gasteiger partial charge on any atom is -0.491 e. The molecule has 3 aromatic carbocycles. The molecule has 3 rings (SSSR count). The molecule has 0 fully saturated rings. The molecule has 2 amide bonds. The highest BCUT2D eigenvalue weighted by atomic mass is 79.9. The van der Waals surface area contributed by atoms with Crippen LogP contribution in [0, 0.1) is 5.92 Å². The normalized spacial score (nSPS) is 12.5. The number of halogens is 1. The second-order valence-corrected chi connectivity index (χ2v) is 8.78. The molecule has 0 saturated heterocycles. The van der Waals surface area contributed by atoms with Gasteiger partial charge < -0.3 is 25.6 Å². The Kier molecular flexibility index (Phi) is 9.91. The Morgan fingerprint density at radius 1 is 1.03 bits per heavy atom. The van der Waals surface area contributed by atoms with Crippen LogP contribution in [0.4, 0.5) is 21.9 Å². The van der Waals surface area contributed by atoms with Crippen LogP contribution >= 0.6 is 15.9 Å². The summed E-state index contributed by atoms with van der Waals surface area (Å²) >= 11 is 3.36. The van der Waals surface area contributed by atoms with Crippen molar-refractivity contribution < 1.29 is 24.2 Å². The van der Waals surface area contributed by atoms with Gasteiger partial charge in [-0.15, -0.1) is 0 Å². The maximum atomic E-state index is 12.8. The average Bonchev–Trinajstić information content (AvgIpc) is 2.87. The highest BCUT2D eigenvalue weighted by Gasteiger charge is 2.26. The molecule has 188 valence electrons. The molecule has 0 saturated carbocycles. The number of anilines is 3. The summed E-state index contributed by atoms with van der Waals surface area (Å²) in [5.74, 6) is -0.323. The third-order valence-corrected chi connectivity index (χ3v) is 5.68. The Morgan fingerprint density at radius 2 is 1.72 bits per heavy atom. The van der Waals surface area contributed by atoms with Gasteiger partial charge in [0.05, 0.1) is 18.0 Å². The topological polar surface area (TPSA) is 123 Å². The molecule has 0 aliphatic carbocycles. The van der Waals surface area contributed by atoms with Crippen LogP contribution in [-0.2, 0) is 9.53 Å². The predicted molar refractivity (Wildman–Crippen MR) is 144 cm³/mol. The SMILES string of the molecule is C[C@@H](/C=C/C(=O)Nc1ccccc1N)[C@@H](OC(=O)Nc1ccc(Br)cc1)c1ccccc1OCCO. The van der Waals surface area contributed by atoms with Crippen LogP contribution in [0.15, 0.2) is 89.4 Å². The van der Waals surface area contributed by atoms with Gasteiger partial charge in [-0.25, -0.2) is 4.79 Å². The highest BCUT2D eigenvalue weighted by molar-refractivity contribution is 9.10. The van der Waals surface area contributed by atoms with Crippen molar-refractivity contribution in [2.45, 2.75) is 13.0 Å². The van der Waals surface area contributed by atoms with Crippen LogP contribution in [-0.4, -0.2) is 30.3 Å². The number of aliphatic hydroxyl groups excluding tert-OH is 1. The van der Waals surface area contributed by atoms with E-state index in [-0.39, 0.29) is 19.1 Å². The second-order valence-electron chi connectivity index (χ2n) is 7.86. The number of nitrogens with one attached hydrogen (secondary N) is 2. The van der Waals surface area contributed by atoms with Gasteiger partial charge in [-0.3, -0.25) is 10.1 Å². The summed E-state index contributed by atoms with van der Waals surface area (Å²) in [4.78, 5) is 25.3. The Hall–Kier alpha value is -3.82. The smallest absolute Gasteiger partial charge is 0.412 e. The molecule has 0 unspecified atom stereocenters. The molecule has 0 heterocycles. The first kappa shape index (κ1) is 26.8. The molecule has 0 aromatic heterocycles. The Morgan fingerprint density at radius 3 is 2.44 bits per heavy atom. The fourth-order valence-electron chi connectivity index (χ4n) is 3.38. The van der Waals surface area contributed by atoms with Gasteiger partial charge in [0.2, 0.25) is 5.91 Å². The zero-order chi connectivity index (χ0) is 25.9. The number of ether oxygens (including phenoxy) is 2. The lowest BCUT2D eigenvalue weighted by Gasteiger charge is -2.25. The summed E-state index contributed by atoms with van der Waals surface area (Å²) in [6.07, 6.45) is 1.56. The number of carbonyl (C=O) groups is 2. The Bertz CT molecular complexity index is 1200. The lowest BCUT2D eigenvalue weighted by atomic mass is 9.95. The number of nitrogen functional groups attached to an aromatic ring is 1. The predicted octanol–water partition coefficient (Wildman–Crippen LogP) is 5.52. The molecule has 36 heavy (non-hydrogen) atoms. The van der Waals surface area contributed by atoms with Crippen LogP contribution < -0.4 is 21.1 Å². The minimum absolute atomic E-state index is 0.0833. The van der Waals surface area contributed by atoms with Gasteiger partial charge in [0.15, 0.2) is 0 Å². The number of carbonyl (C=O) groups excluding carboxylic acids is 2.